The number of halogens is 4. The summed E-state index contributed by atoms with van der Waals surface area (Å²) in [6, 6.07) is 9.91. The Hall–Kier alpha value is -2.12. The molecule has 0 aliphatic rings. The van der Waals surface area contributed by atoms with Crippen LogP contribution in [0.2, 0.25) is 20.1 Å². The molecule has 0 aliphatic carbocycles. The van der Waals surface area contributed by atoms with E-state index in [1.54, 1.807) is 36.4 Å². The quantitative estimate of drug-likeness (QED) is 0.427. The van der Waals surface area contributed by atoms with E-state index in [0.717, 1.165) is 0 Å². The normalized spacial score (nSPS) is 13.1. The average Bonchev–Trinajstić information content (AvgIpc) is 2.58. The SMILES string of the molecule is NC(=NN=Cc1ccc(Cl)cc1Cl)C(N)=NN=Cc1ccc(Cl)cc1Cl. The third-order valence-electron chi connectivity index (χ3n) is 2.91. The number of rotatable bonds is 4. The Balaban J connectivity index is 2.06. The lowest BCUT2D eigenvalue weighted by molar-refractivity contribution is 1.21. The van der Waals surface area contributed by atoms with E-state index in [-0.39, 0.29) is 11.7 Å². The van der Waals surface area contributed by atoms with Crippen LogP contribution in [0.1, 0.15) is 11.1 Å². The summed E-state index contributed by atoms with van der Waals surface area (Å²) in [5, 5.41) is 17.0. The van der Waals surface area contributed by atoms with E-state index in [0.29, 0.717) is 31.2 Å². The summed E-state index contributed by atoms with van der Waals surface area (Å²) in [7, 11) is 0. The van der Waals surface area contributed by atoms with Gasteiger partial charge >= 0.3 is 0 Å². The first-order chi connectivity index (χ1) is 12.4. The van der Waals surface area contributed by atoms with Crippen molar-refractivity contribution in [2.45, 2.75) is 0 Å². The van der Waals surface area contributed by atoms with Crippen molar-refractivity contribution < 1.29 is 0 Å². The van der Waals surface area contributed by atoms with Crippen molar-refractivity contribution in [3.05, 3.63) is 67.6 Å². The Labute approximate surface area is 169 Å². The van der Waals surface area contributed by atoms with Crippen LogP contribution < -0.4 is 11.5 Å². The third kappa shape index (κ3) is 6.00. The molecule has 0 amide bonds. The molecule has 2 aromatic carbocycles. The van der Waals surface area contributed by atoms with Crippen LogP contribution in [0.3, 0.4) is 0 Å². The molecule has 10 heteroatoms. The van der Waals surface area contributed by atoms with Crippen LogP contribution in [-0.4, -0.2) is 24.1 Å². The van der Waals surface area contributed by atoms with Crippen LogP contribution in [0.15, 0.2) is 56.8 Å². The Kier molecular flexibility index (Phi) is 7.41. The van der Waals surface area contributed by atoms with Gasteiger partial charge in [0, 0.05) is 21.2 Å². The highest BCUT2D eigenvalue weighted by atomic mass is 35.5. The van der Waals surface area contributed by atoms with Crippen LogP contribution in [0.5, 0.6) is 0 Å². The van der Waals surface area contributed by atoms with Gasteiger partial charge in [-0.15, -0.1) is 10.2 Å². The average molecular weight is 430 g/mol. The molecule has 0 saturated heterocycles. The lowest BCUT2D eigenvalue weighted by Crippen LogP contribution is -2.30. The Morgan fingerprint density at radius 3 is 1.42 bits per heavy atom. The fourth-order valence-corrected chi connectivity index (χ4v) is 2.54. The molecule has 2 aromatic rings. The van der Waals surface area contributed by atoms with Gasteiger partial charge in [-0.1, -0.05) is 58.5 Å². The molecule has 0 fully saturated rings. The molecule has 0 aromatic heterocycles. The van der Waals surface area contributed by atoms with Gasteiger partial charge in [0.25, 0.3) is 0 Å². The van der Waals surface area contributed by atoms with Gasteiger partial charge in [-0.05, 0) is 24.3 Å². The molecule has 0 saturated carbocycles. The van der Waals surface area contributed by atoms with E-state index in [1.807, 2.05) is 0 Å². The minimum absolute atomic E-state index is 0.106. The van der Waals surface area contributed by atoms with E-state index in [9.17, 15) is 0 Å². The van der Waals surface area contributed by atoms with Crippen LogP contribution in [-0.2, 0) is 0 Å². The summed E-state index contributed by atoms with van der Waals surface area (Å²) in [6.07, 6.45) is 2.82. The number of hydrogen-bond donors (Lipinski definition) is 2. The van der Waals surface area contributed by atoms with Gasteiger partial charge in [0.1, 0.15) is 0 Å². The zero-order valence-electron chi connectivity index (χ0n) is 13.1. The Morgan fingerprint density at radius 2 is 1.08 bits per heavy atom. The molecule has 0 radical (unpaired) electrons. The monoisotopic (exact) mass is 428 g/mol. The highest BCUT2D eigenvalue weighted by Gasteiger charge is 2.01. The molecule has 0 aliphatic heterocycles. The smallest absolute Gasteiger partial charge is 0.190 e. The van der Waals surface area contributed by atoms with Gasteiger partial charge in [0.05, 0.1) is 22.5 Å². The minimum Gasteiger partial charge on any atom is -0.379 e. The largest absolute Gasteiger partial charge is 0.379 e. The summed E-state index contributed by atoms with van der Waals surface area (Å²) >= 11 is 23.7. The van der Waals surface area contributed by atoms with Crippen LogP contribution >= 0.6 is 46.4 Å². The molecule has 0 spiro atoms. The van der Waals surface area contributed by atoms with E-state index in [2.05, 4.69) is 20.4 Å². The van der Waals surface area contributed by atoms with Crippen molar-refractivity contribution in [3.63, 3.8) is 0 Å². The molecule has 0 bridgehead atoms. The number of amidine groups is 2. The maximum atomic E-state index is 6.01. The van der Waals surface area contributed by atoms with Gasteiger partial charge < -0.3 is 11.5 Å². The second-order valence-corrected chi connectivity index (χ2v) is 6.48. The molecular formula is C16H12Cl4N6. The second kappa shape index (κ2) is 9.54. The lowest BCUT2D eigenvalue weighted by Gasteiger charge is -1.98. The summed E-state index contributed by atoms with van der Waals surface area (Å²) in [4.78, 5) is 0. The third-order valence-corrected chi connectivity index (χ3v) is 4.04. The standard InChI is InChI=1S/C16H12Cl4N6/c17-11-3-1-9(13(19)5-11)7-23-25-15(21)16(22)26-24-8-10-2-4-12(18)6-14(10)20/h1-8H,(H2,21,25)(H2,22,26). The summed E-state index contributed by atoms with van der Waals surface area (Å²) in [5.74, 6) is -0.212. The predicted octanol–water partition coefficient (Wildman–Crippen LogP) is 4.38. The van der Waals surface area contributed by atoms with Crippen molar-refractivity contribution in [1.29, 1.82) is 0 Å². The molecule has 4 N–H and O–H groups in total. The van der Waals surface area contributed by atoms with Crippen LogP contribution in [0.25, 0.3) is 0 Å². The van der Waals surface area contributed by atoms with Gasteiger partial charge in [0.2, 0.25) is 0 Å². The predicted molar refractivity (Wildman–Crippen MR) is 111 cm³/mol. The fourth-order valence-electron chi connectivity index (χ4n) is 1.62. The summed E-state index contributed by atoms with van der Waals surface area (Å²) < 4.78 is 0. The number of benzene rings is 2. The maximum Gasteiger partial charge on any atom is 0.190 e. The highest BCUT2D eigenvalue weighted by Crippen LogP contribution is 2.20. The maximum absolute atomic E-state index is 6.01. The lowest BCUT2D eigenvalue weighted by atomic mass is 10.2. The number of nitrogens with two attached hydrogens (primary N) is 2. The van der Waals surface area contributed by atoms with Crippen molar-refractivity contribution in [2.24, 2.45) is 31.9 Å². The zero-order valence-corrected chi connectivity index (χ0v) is 16.1. The minimum atomic E-state index is -0.106. The van der Waals surface area contributed by atoms with Crippen LogP contribution in [0.4, 0.5) is 0 Å². The summed E-state index contributed by atoms with van der Waals surface area (Å²) in [6.45, 7) is 0. The first-order valence-corrected chi connectivity index (χ1v) is 8.51. The van der Waals surface area contributed by atoms with Gasteiger partial charge in [-0.3, -0.25) is 0 Å². The first-order valence-electron chi connectivity index (χ1n) is 7.00. The Bertz CT molecular complexity index is 845. The molecular weight excluding hydrogens is 418 g/mol. The second-order valence-electron chi connectivity index (χ2n) is 4.79. The molecule has 134 valence electrons. The summed E-state index contributed by atoms with van der Waals surface area (Å²) in [5.41, 5.74) is 12.6. The van der Waals surface area contributed by atoms with Crippen molar-refractivity contribution >= 4 is 70.5 Å². The topological polar surface area (TPSA) is 101 Å². The number of nitrogens with zero attached hydrogens (tertiary/aromatic N) is 4. The molecule has 2 rings (SSSR count). The van der Waals surface area contributed by atoms with E-state index in [4.69, 9.17) is 57.9 Å². The van der Waals surface area contributed by atoms with Gasteiger partial charge in [-0.25, -0.2) is 0 Å². The first kappa shape index (κ1) is 20.2. The van der Waals surface area contributed by atoms with Crippen molar-refractivity contribution in [1.82, 2.24) is 0 Å². The van der Waals surface area contributed by atoms with Gasteiger partial charge in [0.15, 0.2) is 11.7 Å². The van der Waals surface area contributed by atoms with Crippen molar-refractivity contribution in [3.8, 4) is 0 Å². The van der Waals surface area contributed by atoms with Gasteiger partial charge in [-0.2, -0.15) is 10.2 Å². The van der Waals surface area contributed by atoms with E-state index >= 15 is 0 Å². The van der Waals surface area contributed by atoms with E-state index < -0.39 is 0 Å². The zero-order chi connectivity index (χ0) is 19.1. The molecule has 26 heavy (non-hydrogen) atoms. The molecule has 0 heterocycles. The van der Waals surface area contributed by atoms with Crippen molar-refractivity contribution in [2.75, 3.05) is 0 Å². The molecule has 6 nitrogen and oxygen atoms in total. The fraction of sp³-hybridized carbons (Fsp3) is 0. The highest BCUT2D eigenvalue weighted by molar-refractivity contribution is 6.39. The van der Waals surface area contributed by atoms with Crippen LogP contribution in [0, 0.1) is 0 Å². The van der Waals surface area contributed by atoms with E-state index in [1.165, 1.54) is 12.4 Å². The molecule has 0 unspecified atom stereocenters. The Morgan fingerprint density at radius 1 is 0.692 bits per heavy atom. The molecule has 0 atom stereocenters. The number of hydrogen-bond acceptors (Lipinski definition) is 4.